The summed E-state index contributed by atoms with van der Waals surface area (Å²) in [5, 5.41) is 10.5. The zero-order valence-corrected chi connectivity index (χ0v) is 11.3. The molecule has 0 saturated carbocycles. The fourth-order valence-electron chi connectivity index (χ4n) is 1.55. The average molecular weight is 308 g/mol. The molecule has 1 heterocycles. The first-order valence-corrected chi connectivity index (χ1v) is 6.14. The Balaban J connectivity index is 3.11. The second-order valence-electron chi connectivity index (χ2n) is 3.51. The minimum absolute atomic E-state index is 0.0206. The molecule has 0 fully saturated rings. The summed E-state index contributed by atoms with van der Waals surface area (Å²) in [7, 11) is 0. The van der Waals surface area contributed by atoms with Crippen molar-refractivity contribution >= 4 is 33.2 Å². The van der Waals surface area contributed by atoms with Crippen LogP contribution in [0.25, 0.3) is 0 Å². The molecule has 4 nitrogen and oxygen atoms in total. The Labute approximate surface area is 107 Å². The van der Waals surface area contributed by atoms with Crippen LogP contribution in [0.15, 0.2) is 16.7 Å². The van der Waals surface area contributed by atoms with Crippen molar-refractivity contribution in [3.05, 3.63) is 32.5 Å². The summed E-state index contributed by atoms with van der Waals surface area (Å²) in [6, 6.07) is 1.46. The van der Waals surface area contributed by atoms with E-state index >= 15 is 0 Å². The second kappa shape index (κ2) is 5.59. The van der Waals surface area contributed by atoms with E-state index in [-0.39, 0.29) is 17.0 Å². The minimum atomic E-state index is -0.466. The Bertz CT molecular complexity index is 398. The highest BCUT2D eigenvalue weighted by molar-refractivity contribution is 9.10. The smallest absolute Gasteiger partial charge is 0.258 e. The third-order valence-electron chi connectivity index (χ3n) is 2.41. The number of alkyl halides is 1. The van der Waals surface area contributed by atoms with E-state index in [4.69, 9.17) is 11.6 Å². The summed E-state index contributed by atoms with van der Waals surface area (Å²) in [5.74, 6) is 0.0943. The third kappa shape index (κ3) is 2.92. The first-order chi connectivity index (χ1) is 7.47. The maximum absolute atomic E-state index is 10.6. The summed E-state index contributed by atoms with van der Waals surface area (Å²) in [6.45, 7) is 3.91. The van der Waals surface area contributed by atoms with E-state index in [0.717, 1.165) is 12.1 Å². The normalized spacial score (nSPS) is 14.5. The number of nitrogens with zero attached hydrogens (tertiary/aromatic N) is 2. The van der Waals surface area contributed by atoms with Gasteiger partial charge >= 0.3 is 0 Å². The largest absolute Gasteiger partial charge is 0.288 e. The van der Waals surface area contributed by atoms with Gasteiger partial charge in [0.15, 0.2) is 0 Å². The highest BCUT2D eigenvalue weighted by Crippen LogP contribution is 2.32. The van der Waals surface area contributed by atoms with Crippen molar-refractivity contribution in [2.75, 3.05) is 0 Å². The van der Waals surface area contributed by atoms with Crippen LogP contribution in [0.2, 0.25) is 0 Å². The fraction of sp³-hybridized carbons (Fsp3) is 0.500. The number of halogens is 2. The predicted octanol–water partition coefficient (Wildman–Crippen LogP) is 3.87. The van der Waals surface area contributed by atoms with Gasteiger partial charge in [-0.25, -0.2) is 0 Å². The summed E-state index contributed by atoms with van der Waals surface area (Å²) in [5.41, 5.74) is 0.753. The van der Waals surface area contributed by atoms with Gasteiger partial charge in [0.2, 0.25) is 0 Å². The van der Waals surface area contributed by atoms with E-state index in [2.05, 4.69) is 20.9 Å². The molecule has 88 valence electrons. The third-order valence-corrected chi connectivity index (χ3v) is 3.35. The van der Waals surface area contributed by atoms with Crippen LogP contribution >= 0.6 is 27.5 Å². The van der Waals surface area contributed by atoms with Crippen molar-refractivity contribution in [3.8, 4) is 0 Å². The predicted molar refractivity (Wildman–Crippen MR) is 66.9 cm³/mol. The van der Waals surface area contributed by atoms with Gasteiger partial charge in [-0.2, -0.15) is 0 Å². The summed E-state index contributed by atoms with van der Waals surface area (Å²) < 4.78 is 0.640. The Morgan fingerprint density at radius 1 is 1.69 bits per heavy atom. The van der Waals surface area contributed by atoms with Gasteiger partial charge in [0.25, 0.3) is 5.69 Å². The standard InChI is InChI=1S/C10H12BrClN2O2/c1-3-8(6(2)12)10-9(11)4-7(5-13-10)14(15)16/h4-6,8H,3H2,1-2H3. The van der Waals surface area contributed by atoms with Crippen LogP contribution in [-0.4, -0.2) is 15.3 Å². The lowest BCUT2D eigenvalue weighted by Crippen LogP contribution is -2.11. The van der Waals surface area contributed by atoms with Crippen molar-refractivity contribution in [2.45, 2.75) is 31.6 Å². The maximum atomic E-state index is 10.6. The SMILES string of the molecule is CCC(c1ncc([N+](=O)[O-])cc1Br)C(C)Cl. The van der Waals surface area contributed by atoms with Gasteiger partial charge < -0.3 is 0 Å². The van der Waals surface area contributed by atoms with Crippen molar-refractivity contribution in [1.82, 2.24) is 4.98 Å². The lowest BCUT2D eigenvalue weighted by atomic mass is 9.98. The monoisotopic (exact) mass is 306 g/mol. The van der Waals surface area contributed by atoms with E-state index in [1.165, 1.54) is 12.3 Å². The van der Waals surface area contributed by atoms with Crippen LogP contribution < -0.4 is 0 Å². The van der Waals surface area contributed by atoms with E-state index in [9.17, 15) is 10.1 Å². The highest BCUT2D eigenvalue weighted by atomic mass is 79.9. The number of nitro groups is 1. The van der Waals surface area contributed by atoms with Gasteiger partial charge in [-0.3, -0.25) is 15.1 Å². The molecule has 0 aliphatic heterocycles. The van der Waals surface area contributed by atoms with Gasteiger partial charge in [0, 0.05) is 21.8 Å². The van der Waals surface area contributed by atoms with E-state index in [1.54, 1.807) is 0 Å². The first-order valence-electron chi connectivity index (χ1n) is 4.91. The molecule has 1 aromatic heterocycles. The van der Waals surface area contributed by atoms with E-state index < -0.39 is 4.92 Å². The molecular weight excluding hydrogens is 295 g/mol. The molecule has 1 aromatic rings. The Morgan fingerprint density at radius 2 is 2.31 bits per heavy atom. The summed E-state index contributed by atoms with van der Waals surface area (Å²) in [4.78, 5) is 14.2. The Morgan fingerprint density at radius 3 is 2.69 bits per heavy atom. The minimum Gasteiger partial charge on any atom is -0.258 e. The number of aromatic nitrogens is 1. The van der Waals surface area contributed by atoms with Crippen LogP contribution in [0.1, 0.15) is 31.9 Å². The van der Waals surface area contributed by atoms with Crippen LogP contribution in [-0.2, 0) is 0 Å². The van der Waals surface area contributed by atoms with Crippen molar-refractivity contribution in [3.63, 3.8) is 0 Å². The van der Waals surface area contributed by atoms with Crippen molar-refractivity contribution < 1.29 is 4.92 Å². The highest BCUT2D eigenvalue weighted by Gasteiger charge is 2.21. The van der Waals surface area contributed by atoms with Gasteiger partial charge in [-0.15, -0.1) is 11.6 Å². The molecule has 0 aliphatic carbocycles. The van der Waals surface area contributed by atoms with E-state index in [1.807, 2.05) is 13.8 Å². The molecule has 0 saturated heterocycles. The van der Waals surface area contributed by atoms with Gasteiger partial charge in [-0.05, 0) is 29.3 Å². The van der Waals surface area contributed by atoms with Crippen molar-refractivity contribution in [1.29, 1.82) is 0 Å². The summed E-state index contributed by atoms with van der Waals surface area (Å²) >= 11 is 9.36. The van der Waals surface area contributed by atoms with Crippen molar-refractivity contribution in [2.24, 2.45) is 0 Å². The number of rotatable bonds is 4. The molecule has 0 N–H and O–H groups in total. The number of hydrogen-bond acceptors (Lipinski definition) is 3. The van der Waals surface area contributed by atoms with Crippen LogP contribution in [0.5, 0.6) is 0 Å². The maximum Gasteiger partial charge on any atom is 0.288 e. The van der Waals surface area contributed by atoms with Crippen LogP contribution in [0, 0.1) is 10.1 Å². The lowest BCUT2D eigenvalue weighted by molar-refractivity contribution is -0.385. The quantitative estimate of drug-likeness (QED) is 0.482. The molecule has 2 atom stereocenters. The van der Waals surface area contributed by atoms with Gasteiger partial charge in [0.05, 0.1) is 10.6 Å². The molecule has 0 aromatic carbocycles. The molecule has 0 radical (unpaired) electrons. The van der Waals surface area contributed by atoms with Gasteiger partial charge in [-0.1, -0.05) is 6.92 Å². The number of pyridine rings is 1. The number of hydrogen-bond donors (Lipinski definition) is 0. The first kappa shape index (κ1) is 13.4. The Hall–Kier alpha value is -0.680. The van der Waals surface area contributed by atoms with Gasteiger partial charge in [0.1, 0.15) is 6.20 Å². The molecule has 16 heavy (non-hydrogen) atoms. The molecule has 0 bridgehead atoms. The van der Waals surface area contributed by atoms with Crippen LogP contribution in [0.3, 0.4) is 0 Å². The summed E-state index contributed by atoms with van der Waals surface area (Å²) in [6.07, 6.45) is 2.11. The molecule has 0 spiro atoms. The fourth-order valence-corrected chi connectivity index (χ4v) is 2.48. The van der Waals surface area contributed by atoms with Crippen LogP contribution in [0.4, 0.5) is 5.69 Å². The molecule has 6 heteroatoms. The average Bonchev–Trinajstić information content (AvgIpc) is 2.20. The molecule has 0 aliphatic rings. The molecule has 0 amide bonds. The zero-order valence-electron chi connectivity index (χ0n) is 8.98. The lowest BCUT2D eigenvalue weighted by Gasteiger charge is -2.17. The zero-order chi connectivity index (χ0) is 12.3. The van der Waals surface area contributed by atoms with E-state index in [0.29, 0.717) is 4.47 Å². The molecule has 2 unspecified atom stereocenters. The molecule has 1 rings (SSSR count). The topological polar surface area (TPSA) is 56.0 Å². The second-order valence-corrected chi connectivity index (χ2v) is 5.05. The molecular formula is C10H12BrClN2O2. The Kier molecular flexibility index (Phi) is 4.68.